The summed E-state index contributed by atoms with van der Waals surface area (Å²) in [5.41, 5.74) is -0.442. The predicted molar refractivity (Wildman–Crippen MR) is 46.6 cm³/mol. The first-order valence-corrected chi connectivity index (χ1v) is 4.48. The molecule has 0 aliphatic carbocycles. The van der Waals surface area contributed by atoms with Gasteiger partial charge in [-0.05, 0) is 40.2 Å². The average molecular weight is 157 g/mol. The van der Waals surface area contributed by atoms with E-state index in [1.54, 1.807) is 0 Å². The van der Waals surface area contributed by atoms with Gasteiger partial charge in [0.25, 0.3) is 0 Å². The molecule has 0 unspecified atom stereocenters. The van der Waals surface area contributed by atoms with Crippen LogP contribution in [0.25, 0.3) is 0 Å². The zero-order valence-corrected chi connectivity index (χ0v) is 7.80. The Morgan fingerprint density at radius 3 is 2.45 bits per heavy atom. The van der Waals surface area contributed by atoms with Crippen LogP contribution in [0.1, 0.15) is 33.6 Å². The molecule has 1 atom stereocenters. The molecule has 1 aliphatic rings. The fraction of sp³-hybridized carbons (Fsp3) is 1.00. The molecule has 1 rings (SSSR count). The number of hydrogen-bond donors (Lipinski definition) is 1. The lowest BCUT2D eigenvalue weighted by Crippen LogP contribution is -2.48. The molecule has 0 radical (unpaired) electrons. The smallest absolute Gasteiger partial charge is 0.0746 e. The van der Waals surface area contributed by atoms with Gasteiger partial charge in [0.2, 0.25) is 0 Å². The molecule has 0 aromatic heterocycles. The second-order valence-electron chi connectivity index (χ2n) is 4.16. The van der Waals surface area contributed by atoms with Crippen LogP contribution in [0.5, 0.6) is 0 Å². The zero-order chi connectivity index (χ0) is 8.48. The Morgan fingerprint density at radius 2 is 2.09 bits per heavy atom. The van der Waals surface area contributed by atoms with Crippen molar-refractivity contribution in [3.05, 3.63) is 0 Å². The van der Waals surface area contributed by atoms with Crippen molar-refractivity contribution in [2.75, 3.05) is 13.1 Å². The fourth-order valence-corrected chi connectivity index (χ4v) is 1.70. The number of hydrogen-bond acceptors (Lipinski definition) is 2. The molecule has 0 spiro atoms. The maximum atomic E-state index is 9.75. The van der Waals surface area contributed by atoms with Crippen LogP contribution in [-0.2, 0) is 0 Å². The van der Waals surface area contributed by atoms with Crippen LogP contribution < -0.4 is 0 Å². The molecule has 1 saturated heterocycles. The van der Waals surface area contributed by atoms with E-state index in [2.05, 4.69) is 18.7 Å². The maximum absolute atomic E-state index is 9.75. The molecule has 0 bridgehead atoms. The van der Waals surface area contributed by atoms with Crippen LogP contribution >= 0.6 is 0 Å². The van der Waals surface area contributed by atoms with Gasteiger partial charge >= 0.3 is 0 Å². The summed E-state index contributed by atoms with van der Waals surface area (Å²) >= 11 is 0. The minimum Gasteiger partial charge on any atom is -0.389 e. The highest BCUT2D eigenvalue weighted by molar-refractivity contribution is 4.83. The summed E-state index contributed by atoms with van der Waals surface area (Å²) in [6.45, 7) is 8.28. The highest BCUT2D eigenvalue weighted by Crippen LogP contribution is 2.21. The molecule has 1 heterocycles. The second-order valence-corrected chi connectivity index (χ2v) is 4.16. The lowest BCUT2D eigenvalue weighted by molar-refractivity contribution is -0.0252. The van der Waals surface area contributed by atoms with Crippen molar-refractivity contribution >= 4 is 0 Å². The maximum Gasteiger partial charge on any atom is 0.0746 e. The van der Waals surface area contributed by atoms with E-state index in [9.17, 15) is 5.11 Å². The first kappa shape index (κ1) is 9.01. The Kier molecular flexibility index (Phi) is 2.55. The van der Waals surface area contributed by atoms with E-state index in [-0.39, 0.29) is 0 Å². The Bertz CT molecular complexity index is 132. The highest BCUT2D eigenvalue weighted by Gasteiger charge is 2.29. The molecular formula is C9H19NO. The summed E-state index contributed by atoms with van der Waals surface area (Å²) in [7, 11) is 0. The van der Waals surface area contributed by atoms with Crippen molar-refractivity contribution in [3.8, 4) is 0 Å². The molecule has 0 aromatic carbocycles. The van der Waals surface area contributed by atoms with Crippen molar-refractivity contribution < 1.29 is 5.11 Å². The molecule has 11 heavy (non-hydrogen) atoms. The minimum atomic E-state index is -0.442. The van der Waals surface area contributed by atoms with Gasteiger partial charge in [0.1, 0.15) is 0 Å². The summed E-state index contributed by atoms with van der Waals surface area (Å²) in [5.74, 6) is 0. The molecule has 0 amide bonds. The van der Waals surface area contributed by atoms with E-state index in [1.807, 2.05) is 6.92 Å². The van der Waals surface area contributed by atoms with E-state index in [0.717, 1.165) is 25.9 Å². The largest absolute Gasteiger partial charge is 0.389 e. The SMILES string of the molecule is CC(C)N1CCC[C@](C)(O)C1. The summed E-state index contributed by atoms with van der Waals surface area (Å²) in [6.07, 6.45) is 2.08. The normalized spacial score (nSPS) is 34.6. The molecular weight excluding hydrogens is 138 g/mol. The van der Waals surface area contributed by atoms with Crippen molar-refractivity contribution in [2.24, 2.45) is 0 Å². The van der Waals surface area contributed by atoms with Crippen molar-refractivity contribution in [3.63, 3.8) is 0 Å². The number of likely N-dealkylation sites (tertiary alicyclic amines) is 1. The van der Waals surface area contributed by atoms with Crippen LogP contribution in [0, 0.1) is 0 Å². The van der Waals surface area contributed by atoms with Crippen molar-refractivity contribution in [1.29, 1.82) is 0 Å². The molecule has 0 aromatic rings. The quantitative estimate of drug-likeness (QED) is 0.619. The van der Waals surface area contributed by atoms with Crippen molar-refractivity contribution in [2.45, 2.75) is 45.3 Å². The van der Waals surface area contributed by atoms with Crippen LogP contribution in [0.2, 0.25) is 0 Å². The zero-order valence-electron chi connectivity index (χ0n) is 7.80. The van der Waals surface area contributed by atoms with Gasteiger partial charge in [-0.1, -0.05) is 0 Å². The van der Waals surface area contributed by atoms with Gasteiger partial charge in [0.05, 0.1) is 5.60 Å². The summed E-state index contributed by atoms with van der Waals surface area (Å²) in [4.78, 5) is 2.34. The van der Waals surface area contributed by atoms with Gasteiger partial charge in [-0.25, -0.2) is 0 Å². The van der Waals surface area contributed by atoms with Gasteiger partial charge in [0.15, 0.2) is 0 Å². The van der Waals surface area contributed by atoms with Crippen molar-refractivity contribution in [1.82, 2.24) is 4.90 Å². The number of piperidine rings is 1. The highest BCUT2D eigenvalue weighted by atomic mass is 16.3. The molecule has 2 heteroatoms. The molecule has 2 nitrogen and oxygen atoms in total. The van der Waals surface area contributed by atoms with E-state index in [0.29, 0.717) is 6.04 Å². The third-order valence-corrected chi connectivity index (χ3v) is 2.43. The van der Waals surface area contributed by atoms with Crippen LogP contribution in [0.4, 0.5) is 0 Å². The lowest BCUT2D eigenvalue weighted by atomic mass is 9.94. The summed E-state index contributed by atoms with van der Waals surface area (Å²) < 4.78 is 0. The number of β-amino-alcohol motifs (C(OH)–C–C–N with tert-alkyl or cyclic N) is 1. The fourth-order valence-electron chi connectivity index (χ4n) is 1.70. The standard InChI is InChI=1S/C9H19NO/c1-8(2)10-6-4-5-9(3,11)7-10/h8,11H,4-7H2,1-3H3/t9-/m0/s1. The summed E-state index contributed by atoms with van der Waals surface area (Å²) in [6, 6.07) is 0.571. The predicted octanol–water partition coefficient (Wildman–Crippen LogP) is 1.24. The molecule has 1 N–H and O–H groups in total. The Hall–Kier alpha value is -0.0800. The topological polar surface area (TPSA) is 23.5 Å². The van der Waals surface area contributed by atoms with E-state index < -0.39 is 5.60 Å². The third-order valence-electron chi connectivity index (χ3n) is 2.43. The Balaban J connectivity index is 2.46. The average Bonchev–Trinajstić information content (AvgIpc) is 1.85. The number of aliphatic hydroxyl groups is 1. The van der Waals surface area contributed by atoms with Gasteiger partial charge in [-0.2, -0.15) is 0 Å². The van der Waals surface area contributed by atoms with E-state index in [1.165, 1.54) is 0 Å². The Morgan fingerprint density at radius 1 is 1.45 bits per heavy atom. The monoisotopic (exact) mass is 157 g/mol. The Labute approximate surface area is 69.2 Å². The van der Waals surface area contributed by atoms with Gasteiger partial charge in [-0.15, -0.1) is 0 Å². The lowest BCUT2D eigenvalue weighted by Gasteiger charge is -2.39. The van der Waals surface area contributed by atoms with Gasteiger partial charge < -0.3 is 5.11 Å². The van der Waals surface area contributed by atoms with Crippen LogP contribution in [-0.4, -0.2) is 34.7 Å². The first-order valence-electron chi connectivity index (χ1n) is 4.48. The van der Waals surface area contributed by atoms with Gasteiger partial charge in [0, 0.05) is 12.6 Å². The second kappa shape index (κ2) is 3.11. The summed E-state index contributed by atoms with van der Waals surface area (Å²) in [5, 5.41) is 9.75. The molecule has 1 aliphatic heterocycles. The van der Waals surface area contributed by atoms with Gasteiger partial charge in [-0.3, -0.25) is 4.90 Å². The van der Waals surface area contributed by atoms with E-state index in [4.69, 9.17) is 0 Å². The molecule has 1 fully saturated rings. The van der Waals surface area contributed by atoms with E-state index >= 15 is 0 Å². The third kappa shape index (κ3) is 2.46. The number of rotatable bonds is 1. The first-order chi connectivity index (χ1) is 5.01. The molecule has 66 valence electrons. The van der Waals surface area contributed by atoms with Crippen LogP contribution in [0.3, 0.4) is 0 Å². The molecule has 0 saturated carbocycles. The minimum absolute atomic E-state index is 0.442. The number of nitrogens with zero attached hydrogens (tertiary/aromatic N) is 1. The van der Waals surface area contributed by atoms with Crippen LogP contribution in [0.15, 0.2) is 0 Å².